The van der Waals surface area contributed by atoms with Gasteiger partial charge in [0, 0.05) is 28.5 Å². The predicted octanol–water partition coefficient (Wildman–Crippen LogP) is 4.24. The number of thiophene rings is 1. The topological polar surface area (TPSA) is 87.5 Å². The van der Waals surface area contributed by atoms with E-state index >= 15 is 0 Å². The Morgan fingerprint density at radius 1 is 1.31 bits per heavy atom. The lowest BCUT2D eigenvalue weighted by molar-refractivity contribution is -0.113. The molecule has 8 nitrogen and oxygen atoms in total. The number of nitrogens with zero attached hydrogens (tertiary/aromatic N) is 3. The maximum Gasteiger partial charge on any atom is 0.234 e. The van der Waals surface area contributed by atoms with Crippen molar-refractivity contribution >= 4 is 34.7 Å². The summed E-state index contributed by atoms with van der Waals surface area (Å²) in [5, 5.41) is 14.5. The van der Waals surface area contributed by atoms with Crippen molar-refractivity contribution in [3.05, 3.63) is 34.5 Å². The molecule has 1 aliphatic rings. The summed E-state index contributed by atoms with van der Waals surface area (Å²) in [6.07, 6.45) is 2.22. The molecule has 3 aromatic rings. The lowest BCUT2D eigenvalue weighted by Gasteiger charge is -2.14. The zero-order valence-corrected chi connectivity index (χ0v) is 19.9. The Balaban J connectivity index is 1.47. The number of anilines is 1. The van der Waals surface area contributed by atoms with Gasteiger partial charge in [-0.2, -0.15) is 0 Å². The number of amides is 1. The summed E-state index contributed by atoms with van der Waals surface area (Å²) >= 11 is 3.04. The van der Waals surface area contributed by atoms with Gasteiger partial charge in [0.25, 0.3) is 0 Å². The van der Waals surface area contributed by atoms with Crippen LogP contribution in [-0.4, -0.2) is 53.4 Å². The Labute approximate surface area is 195 Å². The number of hydrogen-bond donors (Lipinski definition) is 1. The van der Waals surface area contributed by atoms with Crippen LogP contribution in [0.1, 0.15) is 17.7 Å². The third kappa shape index (κ3) is 5.25. The zero-order chi connectivity index (χ0) is 22.5. The number of ether oxygens (including phenoxy) is 3. The van der Waals surface area contributed by atoms with Crippen LogP contribution in [-0.2, 0) is 16.1 Å². The molecule has 3 heterocycles. The van der Waals surface area contributed by atoms with Gasteiger partial charge < -0.3 is 19.5 Å². The van der Waals surface area contributed by atoms with Crippen LogP contribution in [0, 0.1) is 6.92 Å². The van der Waals surface area contributed by atoms with E-state index in [1.165, 1.54) is 16.6 Å². The number of carbonyl (C=O) groups excluding carboxylic acids is 1. The van der Waals surface area contributed by atoms with Crippen molar-refractivity contribution in [1.82, 2.24) is 14.8 Å². The molecular weight excluding hydrogens is 448 g/mol. The summed E-state index contributed by atoms with van der Waals surface area (Å²) in [6.45, 7) is 3.53. The van der Waals surface area contributed by atoms with E-state index in [9.17, 15) is 4.79 Å². The van der Waals surface area contributed by atoms with Gasteiger partial charge in [0.2, 0.25) is 5.91 Å². The highest BCUT2D eigenvalue weighted by atomic mass is 32.2. The van der Waals surface area contributed by atoms with Gasteiger partial charge in [0.1, 0.15) is 11.5 Å². The highest BCUT2D eigenvalue weighted by molar-refractivity contribution is 7.99. The second-order valence-corrected chi connectivity index (χ2v) is 9.46. The van der Waals surface area contributed by atoms with Crippen LogP contribution in [0.2, 0.25) is 0 Å². The third-order valence-corrected chi connectivity index (χ3v) is 6.96. The van der Waals surface area contributed by atoms with E-state index in [0.29, 0.717) is 28.9 Å². The van der Waals surface area contributed by atoms with Crippen LogP contribution in [0.25, 0.3) is 11.4 Å². The summed E-state index contributed by atoms with van der Waals surface area (Å²) in [6, 6.07) is 7.38. The van der Waals surface area contributed by atoms with Crippen molar-refractivity contribution < 1.29 is 19.0 Å². The Kier molecular flexibility index (Phi) is 7.33. The highest BCUT2D eigenvalue weighted by Gasteiger charge is 2.23. The van der Waals surface area contributed by atoms with Gasteiger partial charge in [0.15, 0.2) is 11.0 Å². The summed E-state index contributed by atoms with van der Waals surface area (Å²) in [4.78, 5) is 13.9. The molecule has 1 amide bonds. The average Bonchev–Trinajstić information content (AvgIpc) is 3.55. The standard InChI is InChI=1S/C22H26N4O4S2/c1-14-9-15(12-31-14)21-24-25-22(26(21)11-17-5-4-8-30-17)32-13-20(27)23-18-7-6-16(28-2)10-19(18)29-3/h6-7,9-10,12,17H,4-5,8,11,13H2,1-3H3,(H,23,27). The minimum atomic E-state index is -0.155. The lowest BCUT2D eigenvalue weighted by Crippen LogP contribution is -2.18. The molecule has 1 unspecified atom stereocenters. The number of thioether (sulfide) groups is 1. The second-order valence-electron chi connectivity index (χ2n) is 7.40. The SMILES string of the molecule is COc1ccc(NC(=O)CSc2nnc(-c3csc(C)c3)n2CC2CCCO2)c(OC)c1. The smallest absolute Gasteiger partial charge is 0.234 e. The van der Waals surface area contributed by atoms with Crippen LogP contribution in [0.15, 0.2) is 34.8 Å². The number of hydrogen-bond acceptors (Lipinski definition) is 8. The molecule has 4 rings (SSSR count). The number of aromatic nitrogens is 3. The van der Waals surface area contributed by atoms with E-state index in [1.807, 2.05) is 0 Å². The fraction of sp³-hybridized carbons (Fsp3) is 0.409. The summed E-state index contributed by atoms with van der Waals surface area (Å²) in [7, 11) is 3.14. The molecule has 0 saturated carbocycles. The van der Waals surface area contributed by atoms with Gasteiger partial charge in [-0.25, -0.2) is 0 Å². The number of methoxy groups -OCH3 is 2. The van der Waals surface area contributed by atoms with E-state index in [4.69, 9.17) is 14.2 Å². The van der Waals surface area contributed by atoms with E-state index in [1.54, 1.807) is 43.8 Å². The number of rotatable bonds is 9. The molecule has 32 heavy (non-hydrogen) atoms. The first-order chi connectivity index (χ1) is 15.6. The lowest BCUT2D eigenvalue weighted by atomic mass is 10.2. The van der Waals surface area contributed by atoms with Gasteiger partial charge in [-0.15, -0.1) is 21.5 Å². The molecule has 1 aromatic carbocycles. The largest absolute Gasteiger partial charge is 0.497 e. The minimum Gasteiger partial charge on any atom is -0.497 e. The van der Waals surface area contributed by atoms with Crippen LogP contribution in [0.3, 0.4) is 0 Å². The Morgan fingerprint density at radius 2 is 2.19 bits per heavy atom. The molecule has 10 heteroatoms. The summed E-state index contributed by atoms with van der Waals surface area (Å²) in [5.74, 6) is 2.05. The second kappa shape index (κ2) is 10.4. The van der Waals surface area contributed by atoms with Crippen molar-refractivity contribution in [3.8, 4) is 22.9 Å². The number of nitrogens with one attached hydrogen (secondary N) is 1. The fourth-order valence-corrected chi connectivity index (χ4v) is 4.97. The first-order valence-electron chi connectivity index (χ1n) is 10.3. The van der Waals surface area contributed by atoms with Gasteiger partial charge in [-0.3, -0.25) is 9.36 Å². The minimum absolute atomic E-state index is 0.140. The highest BCUT2D eigenvalue weighted by Crippen LogP contribution is 2.31. The van der Waals surface area contributed by atoms with Crippen LogP contribution in [0.4, 0.5) is 5.69 Å². The van der Waals surface area contributed by atoms with Crippen LogP contribution in [0.5, 0.6) is 11.5 Å². The van der Waals surface area contributed by atoms with Crippen molar-refractivity contribution in [1.29, 1.82) is 0 Å². The Bertz CT molecular complexity index is 1080. The van der Waals surface area contributed by atoms with Crippen LogP contribution < -0.4 is 14.8 Å². The predicted molar refractivity (Wildman–Crippen MR) is 126 cm³/mol. The molecule has 1 fully saturated rings. The van der Waals surface area contributed by atoms with Crippen molar-refractivity contribution in [2.24, 2.45) is 0 Å². The molecule has 0 radical (unpaired) electrons. The molecule has 1 N–H and O–H groups in total. The molecule has 2 aromatic heterocycles. The fourth-order valence-electron chi connectivity index (χ4n) is 3.54. The first kappa shape index (κ1) is 22.6. The van der Waals surface area contributed by atoms with Gasteiger partial charge in [0.05, 0.1) is 38.3 Å². The van der Waals surface area contributed by atoms with Gasteiger partial charge in [-0.05, 0) is 38.0 Å². The summed E-state index contributed by atoms with van der Waals surface area (Å²) < 4.78 is 18.5. The summed E-state index contributed by atoms with van der Waals surface area (Å²) in [5.41, 5.74) is 1.63. The molecule has 0 aliphatic carbocycles. The number of benzene rings is 1. The van der Waals surface area contributed by atoms with Gasteiger partial charge in [-0.1, -0.05) is 11.8 Å². The zero-order valence-electron chi connectivity index (χ0n) is 18.3. The monoisotopic (exact) mass is 474 g/mol. The maximum absolute atomic E-state index is 12.6. The number of aryl methyl sites for hydroxylation is 1. The molecule has 1 atom stereocenters. The normalized spacial score (nSPS) is 15.7. The van der Waals surface area contributed by atoms with E-state index in [2.05, 4.69) is 38.5 Å². The van der Waals surface area contributed by atoms with E-state index in [0.717, 1.165) is 30.8 Å². The molecular formula is C22H26N4O4S2. The van der Waals surface area contributed by atoms with Gasteiger partial charge >= 0.3 is 0 Å². The maximum atomic E-state index is 12.6. The van der Waals surface area contributed by atoms with E-state index in [-0.39, 0.29) is 17.8 Å². The third-order valence-electron chi connectivity index (χ3n) is 5.13. The first-order valence-corrected chi connectivity index (χ1v) is 12.2. The molecule has 0 spiro atoms. The Morgan fingerprint density at radius 3 is 2.88 bits per heavy atom. The quantitative estimate of drug-likeness (QED) is 0.464. The average molecular weight is 475 g/mol. The van der Waals surface area contributed by atoms with Crippen molar-refractivity contribution in [2.75, 3.05) is 31.9 Å². The van der Waals surface area contributed by atoms with Crippen molar-refractivity contribution in [2.45, 2.75) is 37.6 Å². The molecule has 170 valence electrons. The van der Waals surface area contributed by atoms with Crippen molar-refractivity contribution in [3.63, 3.8) is 0 Å². The number of carbonyl (C=O) groups is 1. The van der Waals surface area contributed by atoms with E-state index < -0.39 is 0 Å². The van der Waals surface area contributed by atoms with Crippen LogP contribution >= 0.6 is 23.1 Å². The Hall–Kier alpha value is -2.56. The molecule has 0 bridgehead atoms. The molecule has 1 aliphatic heterocycles. The molecule has 1 saturated heterocycles.